The average Bonchev–Trinajstić information content (AvgIpc) is 3.86. The number of ketones is 2. The zero-order chi connectivity index (χ0) is 46.7. The summed E-state index contributed by atoms with van der Waals surface area (Å²) in [7, 11) is 1.70. The number of hydrogen-bond acceptors (Lipinski definition) is 8. The number of pyridine rings is 1. The van der Waals surface area contributed by atoms with Gasteiger partial charge in [-0.1, -0.05) is 33.6 Å². The Labute approximate surface area is 404 Å². The summed E-state index contributed by atoms with van der Waals surface area (Å²) in [5.41, 5.74) is -0.651. The number of aliphatic hydroxyl groups is 2. The molecular formula is C57H78FNO5S2. The number of halogens is 1. The third-order valence-corrected chi connectivity index (χ3v) is 23.3. The second-order valence-corrected chi connectivity index (χ2v) is 26.1. The predicted molar refractivity (Wildman–Crippen MR) is 263 cm³/mol. The molecule has 8 saturated carbocycles. The van der Waals surface area contributed by atoms with Crippen molar-refractivity contribution < 1.29 is 28.9 Å². The molecule has 6 nitrogen and oxygen atoms in total. The van der Waals surface area contributed by atoms with E-state index in [1.54, 1.807) is 55.2 Å². The summed E-state index contributed by atoms with van der Waals surface area (Å²) in [4.78, 5) is 32.9. The van der Waals surface area contributed by atoms with E-state index in [1.807, 2.05) is 12.1 Å². The first-order chi connectivity index (χ1) is 31.5. The van der Waals surface area contributed by atoms with Crippen LogP contribution in [0.3, 0.4) is 0 Å². The Morgan fingerprint density at radius 2 is 1.14 bits per heavy atom. The number of fused-ring (bicyclic) bond motifs is 10. The van der Waals surface area contributed by atoms with Crippen LogP contribution in [-0.4, -0.2) is 63.2 Å². The molecule has 0 bridgehead atoms. The molecule has 0 radical (unpaired) electrons. The number of carbonyl (C=O) groups is 2. The summed E-state index contributed by atoms with van der Waals surface area (Å²) >= 11 is 3.22. The Hall–Kier alpha value is -2.22. The van der Waals surface area contributed by atoms with E-state index >= 15 is 0 Å². The maximum Gasteiger partial charge on any atom is 0.146 e. The van der Waals surface area contributed by atoms with E-state index < -0.39 is 11.2 Å². The summed E-state index contributed by atoms with van der Waals surface area (Å²) in [5, 5.41) is 21.8. The summed E-state index contributed by atoms with van der Waals surface area (Å²) in [6.07, 6.45) is 28.9. The second-order valence-electron chi connectivity index (χ2n) is 24.1. The molecule has 2 N–H and O–H groups in total. The van der Waals surface area contributed by atoms with Crippen molar-refractivity contribution in [3.63, 3.8) is 0 Å². The van der Waals surface area contributed by atoms with Crippen LogP contribution in [0.25, 0.3) is 0 Å². The molecule has 16 atom stereocenters. The van der Waals surface area contributed by atoms with Crippen LogP contribution in [-0.2, 0) is 14.3 Å². The SMILES string of the molecule is C#CC1(O)CC[C@@]2(C)C(CC[C@H]3[C@@H]4CC[C@H](C(=O)CSc5ccncc5)[C@@]4(C)CC[C@@H]32)C1.COCC1(O)CC[C@@]2(C)C(CC[C@H]3[C@@H]4CC[C@H](C(=O)CSc5ccc(F)cc5)[C@@]4(C)CC[C@@H]32)C1. The first-order valence-electron chi connectivity index (χ1n) is 25.9. The number of aromatic nitrogens is 1. The summed E-state index contributed by atoms with van der Waals surface area (Å²) in [6, 6.07) is 10.5. The van der Waals surface area contributed by atoms with Crippen molar-refractivity contribution in [3.8, 4) is 12.3 Å². The van der Waals surface area contributed by atoms with Gasteiger partial charge in [0.15, 0.2) is 0 Å². The van der Waals surface area contributed by atoms with E-state index in [0.717, 1.165) is 91.2 Å². The highest BCUT2D eigenvalue weighted by molar-refractivity contribution is 8.00. The molecule has 10 rings (SSSR count). The lowest BCUT2D eigenvalue weighted by molar-refractivity contribution is -0.163. The number of Topliss-reactive ketones (excluding diaryl/α,β-unsaturated/α-hetero) is 2. The number of hydrogen-bond donors (Lipinski definition) is 2. The molecule has 1 heterocycles. The molecule has 0 spiro atoms. The maximum absolute atomic E-state index is 13.4. The van der Waals surface area contributed by atoms with E-state index in [4.69, 9.17) is 11.2 Å². The van der Waals surface area contributed by atoms with Gasteiger partial charge in [0.25, 0.3) is 0 Å². The van der Waals surface area contributed by atoms with Crippen molar-refractivity contribution >= 4 is 35.1 Å². The Balaban J connectivity index is 0.000000166. The van der Waals surface area contributed by atoms with Crippen LogP contribution in [0.4, 0.5) is 4.39 Å². The van der Waals surface area contributed by atoms with Crippen molar-refractivity contribution in [2.45, 2.75) is 164 Å². The molecule has 1 aromatic carbocycles. The van der Waals surface area contributed by atoms with Gasteiger partial charge in [-0.05, 0) is 221 Å². The minimum atomic E-state index is -0.891. The normalized spacial score (nSPS) is 44.4. The fourth-order valence-electron chi connectivity index (χ4n) is 17.6. The lowest BCUT2D eigenvalue weighted by Gasteiger charge is -2.62. The molecule has 8 aliphatic rings. The third-order valence-electron chi connectivity index (χ3n) is 21.2. The largest absolute Gasteiger partial charge is 0.387 e. The minimum Gasteiger partial charge on any atom is -0.387 e. The maximum atomic E-state index is 13.4. The number of ether oxygens (including phenoxy) is 1. The lowest BCUT2D eigenvalue weighted by atomic mass is 9.44. The van der Waals surface area contributed by atoms with Crippen molar-refractivity contribution in [2.75, 3.05) is 25.2 Å². The number of carbonyl (C=O) groups excluding carboxylic acids is 2. The van der Waals surface area contributed by atoms with Crippen LogP contribution in [0.1, 0.15) is 143 Å². The first kappa shape index (κ1) is 48.8. The van der Waals surface area contributed by atoms with E-state index in [1.165, 1.54) is 69.9 Å². The number of rotatable bonds is 10. The molecule has 8 aliphatic carbocycles. The lowest BCUT2D eigenvalue weighted by Crippen LogP contribution is -2.56. The quantitative estimate of drug-likeness (QED) is 0.180. The van der Waals surface area contributed by atoms with Gasteiger partial charge in [-0.2, -0.15) is 0 Å². The van der Waals surface area contributed by atoms with Gasteiger partial charge in [0.2, 0.25) is 0 Å². The Morgan fingerprint density at radius 1 is 0.652 bits per heavy atom. The number of methoxy groups -OCH3 is 1. The molecule has 8 fully saturated rings. The van der Waals surface area contributed by atoms with Crippen LogP contribution < -0.4 is 0 Å². The number of terminal acetylenes is 1. The smallest absolute Gasteiger partial charge is 0.146 e. The number of benzene rings is 1. The Kier molecular flexibility index (Phi) is 13.9. The highest BCUT2D eigenvalue weighted by Crippen LogP contribution is 2.70. The molecule has 0 aliphatic heterocycles. The molecule has 2 aromatic rings. The van der Waals surface area contributed by atoms with Crippen LogP contribution in [0.5, 0.6) is 0 Å². The first-order valence-corrected chi connectivity index (χ1v) is 27.8. The van der Waals surface area contributed by atoms with Crippen LogP contribution in [0, 0.1) is 99.0 Å². The van der Waals surface area contributed by atoms with Gasteiger partial charge >= 0.3 is 0 Å². The van der Waals surface area contributed by atoms with Gasteiger partial charge in [0, 0.05) is 41.1 Å². The van der Waals surface area contributed by atoms with Crippen molar-refractivity contribution in [2.24, 2.45) is 80.8 Å². The fraction of sp³-hybridized carbons (Fsp3) is 0.737. The predicted octanol–water partition coefficient (Wildman–Crippen LogP) is 12.3. The standard InChI is InChI=1S/C29H41FO3S.C28H37NO2S/c1-27-14-15-29(32,18-33-3)16-19(27)4-9-22-23-10-11-25(28(23,2)13-12-24(22)27)26(31)17-34-21-7-5-20(30)6-8-21;1-4-28(31)14-13-26(2)19(17-28)5-6-21-22-7-8-24(27(22,3)12-9-23(21)26)25(30)18-32-20-10-15-29-16-11-20/h5-8,19,22-25,32H,4,9-18H2,1-3H3;1,10-11,15-16,19,21-24,31H,5-9,12-14,17-18H2,2-3H3/t19?,22-,23-,24-,25+,27-,28-,29?;19?,21-,22-,23-,24+,26-,27-,28?/m00/s1. The summed E-state index contributed by atoms with van der Waals surface area (Å²) in [6.45, 7) is 10.3. The van der Waals surface area contributed by atoms with Crippen LogP contribution >= 0.6 is 23.5 Å². The van der Waals surface area contributed by atoms with Gasteiger partial charge in [0.1, 0.15) is 23.0 Å². The molecule has 0 amide bonds. The monoisotopic (exact) mass is 940 g/mol. The number of thioether (sulfide) groups is 2. The van der Waals surface area contributed by atoms with Crippen molar-refractivity contribution in [1.82, 2.24) is 4.98 Å². The van der Waals surface area contributed by atoms with Crippen LogP contribution in [0.15, 0.2) is 58.6 Å². The van der Waals surface area contributed by atoms with Gasteiger partial charge in [0.05, 0.1) is 23.7 Å². The topological polar surface area (TPSA) is 96.7 Å². The molecule has 1 aromatic heterocycles. The Bertz CT molecular complexity index is 2120. The van der Waals surface area contributed by atoms with Gasteiger partial charge < -0.3 is 14.9 Å². The molecule has 66 heavy (non-hydrogen) atoms. The van der Waals surface area contributed by atoms with Crippen molar-refractivity contribution in [3.05, 3.63) is 54.6 Å². The molecule has 360 valence electrons. The minimum absolute atomic E-state index is 0.121. The van der Waals surface area contributed by atoms with Gasteiger partial charge in [-0.15, -0.1) is 29.9 Å². The van der Waals surface area contributed by atoms with E-state index in [2.05, 4.69) is 38.6 Å². The zero-order valence-electron chi connectivity index (χ0n) is 40.6. The van der Waals surface area contributed by atoms with E-state index in [9.17, 15) is 24.2 Å². The highest BCUT2D eigenvalue weighted by atomic mass is 32.2. The van der Waals surface area contributed by atoms with Crippen molar-refractivity contribution in [1.29, 1.82) is 0 Å². The number of nitrogens with zero attached hydrogens (tertiary/aromatic N) is 1. The zero-order valence-corrected chi connectivity index (χ0v) is 42.2. The van der Waals surface area contributed by atoms with Gasteiger partial charge in [-0.25, -0.2) is 4.39 Å². The fourth-order valence-corrected chi connectivity index (χ4v) is 19.3. The molecule has 0 saturated heterocycles. The third kappa shape index (κ3) is 8.83. The Morgan fingerprint density at radius 3 is 1.65 bits per heavy atom. The highest BCUT2D eigenvalue weighted by Gasteiger charge is 2.64. The average molecular weight is 940 g/mol. The molecule has 9 heteroatoms. The van der Waals surface area contributed by atoms with E-state index in [-0.39, 0.29) is 28.5 Å². The second kappa shape index (κ2) is 18.8. The summed E-state index contributed by atoms with van der Waals surface area (Å²) in [5.74, 6) is 10.1. The summed E-state index contributed by atoms with van der Waals surface area (Å²) < 4.78 is 18.6. The van der Waals surface area contributed by atoms with E-state index in [0.29, 0.717) is 64.2 Å². The van der Waals surface area contributed by atoms with Crippen LogP contribution in [0.2, 0.25) is 0 Å². The molecule has 4 unspecified atom stereocenters. The van der Waals surface area contributed by atoms with Gasteiger partial charge in [-0.3, -0.25) is 14.6 Å². The molecular weight excluding hydrogens is 862 g/mol.